The maximum absolute atomic E-state index is 13.1. The lowest BCUT2D eigenvalue weighted by Gasteiger charge is -2.07. The molecule has 3 aromatic heterocycles. The number of thiazole rings is 1. The molecule has 0 aliphatic rings. The zero-order valence-corrected chi connectivity index (χ0v) is 20.2. The van der Waals surface area contributed by atoms with Gasteiger partial charge in [0.05, 0.1) is 17.6 Å². The van der Waals surface area contributed by atoms with Crippen LogP contribution in [0.5, 0.6) is 0 Å². The highest BCUT2D eigenvalue weighted by Crippen LogP contribution is 2.24. The van der Waals surface area contributed by atoms with Crippen LogP contribution in [0.4, 0.5) is 11.4 Å². The lowest BCUT2D eigenvalue weighted by molar-refractivity contribution is 0.101. The molecule has 5 rings (SSSR count). The molecular weight excluding hydrogens is 478 g/mol. The molecule has 3 heterocycles. The smallest absolute Gasteiger partial charge is 0.295 e. The molecular formula is C26H21N5O4S. The lowest BCUT2D eigenvalue weighted by atomic mass is 10.2. The summed E-state index contributed by atoms with van der Waals surface area (Å²) in [5, 5.41) is 7.72. The van der Waals surface area contributed by atoms with Crippen molar-refractivity contribution in [3.05, 3.63) is 106 Å². The van der Waals surface area contributed by atoms with Crippen molar-refractivity contribution in [2.45, 2.75) is 6.92 Å². The average molecular weight is 500 g/mol. The molecule has 0 bridgehead atoms. The second kappa shape index (κ2) is 9.51. The van der Waals surface area contributed by atoms with E-state index in [1.807, 2.05) is 30.3 Å². The molecule has 36 heavy (non-hydrogen) atoms. The molecule has 0 radical (unpaired) electrons. The van der Waals surface area contributed by atoms with E-state index in [0.29, 0.717) is 27.8 Å². The van der Waals surface area contributed by atoms with E-state index >= 15 is 0 Å². The van der Waals surface area contributed by atoms with Crippen molar-refractivity contribution in [3.8, 4) is 16.5 Å². The Morgan fingerprint density at radius 2 is 1.78 bits per heavy atom. The van der Waals surface area contributed by atoms with Gasteiger partial charge in [0, 0.05) is 23.7 Å². The molecule has 0 atom stereocenters. The Kier molecular flexibility index (Phi) is 6.09. The number of furan rings is 1. The number of rotatable bonds is 6. The molecule has 0 spiro atoms. The summed E-state index contributed by atoms with van der Waals surface area (Å²) in [5.41, 5.74) is 2.10. The topological polar surface area (TPSA) is 111 Å². The van der Waals surface area contributed by atoms with Gasteiger partial charge in [-0.15, -0.1) is 11.3 Å². The van der Waals surface area contributed by atoms with Crippen LogP contribution in [0.15, 0.2) is 87.6 Å². The van der Waals surface area contributed by atoms with Gasteiger partial charge in [0.15, 0.2) is 10.8 Å². The van der Waals surface area contributed by atoms with Gasteiger partial charge in [-0.25, -0.2) is 9.67 Å². The summed E-state index contributed by atoms with van der Waals surface area (Å²) in [6.45, 7) is 1.76. The zero-order chi connectivity index (χ0) is 25.2. The molecule has 0 aliphatic heterocycles. The number of nitrogens with zero attached hydrogens (tertiary/aromatic N) is 3. The van der Waals surface area contributed by atoms with Crippen LogP contribution < -0.4 is 16.2 Å². The summed E-state index contributed by atoms with van der Waals surface area (Å²) in [4.78, 5) is 43.1. The zero-order valence-electron chi connectivity index (χ0n) is 19.4. The molecule has 0 saturated carbocycles. The standard InChI is InChI=1S/C26H21N5O4S/c1-16-22(26(34)31(30(16)2)19-10-4-3-5-11-19)29-23(32)17-8-6-9-18(14-17)27-24(33)20-15-36-25(28-20)21-12-7-13-35-21/h3-15H,1-2H3,(H,27,33)(H,29,32). The van der Waals surface area contributed by atoms with Gasteiger partial charge in [0.25, 0.3) is 17.4 Å². The van der Waals surface area contributed by atoms with Crippen LogP contribution >= 0.6 is 11.3 Å². The Balaban J connectivity index is 1.34. The number of anilines is 2. The Morgan fingerprint density at radius 3 is 2.53 bits per heavy atom. The summed E-state index contributed by atoms with van der Waals surface area (Å²) in [7, 11) is 1.76. The Bertz CT molecular complexity index is 1610. The first-order chi connectivity index (χ1) is 17.4. The van der Waals surface area contributed by atoms with Crippen molar-refractivity contribution in [1.82, 2.24) is 14.3 Å². The van der Waals surface area contributed by atoms with Crippen LogP contribution in [0.25, 0.3) is 16.5 Å². The number of benzene rings is 2. The second-order valence-electron chi connectivity index (χ2n) is 7.94. The molecule has 0 saturated heterocycles. The van der Waals surface area contributed by atoms with Crippen LogP contribution in [0, 0.1) is 6.92 Å². The third kappa shape index (κ3) is 4.37. The first-order valence-electron chi connectivity index (χ1n) is 11.0. The largest absolute Gasteiger partial charge is 0.462 e. The minimum Gasteiger partial charge on any atom is -0.462 e. The molecule has 0 fully saturated rings. The fourth-order valence-corrected chi connectivity index (χ4v) is 4.49. The van der Waals surface area contributed by atoms with Crippen LogP contribution in [0.2, 0.25) is 0 Å². The number of carbonyl (C=O) groups excluding carboxylic acids is 2. The van der Waals surface area contributed by atoms with Gasteiger partial charge in [-0.2, -0.15) is 0 Å². The van der Waals surface area contributed by atoms with E-state index in [9.17, 15) is 14.4 Å². The van der Waals surface area contributed by atoms with Gasteiger partial charge in [-0.1, -0.05) is 24.3 Å². The second-order valence-corrected chi connectivity index (χ2v) is 8.80. The maximum Gasteiger partial charge on any atom is 0.295 e. The predicted molar refractivity (Wildman–Crippen MR) is 138 cm³/mol. The van der Waals surface area contributed by atoms with Crippen LogP contribution in [-0.4, -0.2) is 26.2 Å². The molecule has 2 amide bonds. The van der Waals surface area contributed by atoms with E-state index in [-0.39, 0.29) is 22.5 Å². The first kappa shape index (κ1) is 23.1. The van der Waals surface area contributed by atoms with Crippen LogP contribution in [-0.2, 0) is 7.05 Å². The highest BCUT2D eigenvalue weighted by atomic mass is 32.1. The van der Waals surface area contributed by atoms with Crippen molar-refractivity contribution in [2.75, 3.05) is 10.6 Å². The van der Waals surface area contributed by atoms with Crippen molar-refractivity contribution < 1.29 is 14.0 Å². The molecule has 2 N–H and O–H groups in total. The Morgan fingerprint density at radius 1 is 0.972 bits per heavy atom. The van der Waals surface area contributed by atoms with Gasteiger partial charge in [-0.05, 0) is 49.4 Å². The number of carbonyl (C=O) groups is 2. The van der Waals surface area contributed by atoms with Crippen molar-refractivity contribution >= 4 is 34.5 Å². The normalized spacial score (nSPS) is 10.8. The number of para-hydroxylation sites is 1. The molecule has 180 valence electrons. The van der Waals surface area contributed by atoms with E-state index in [0.717, 1.165) is 0 Å². The highest BCUT2D eigenvalue weighted by molar-refractivity contribution is 7.13. The third-order valence-corrected chi connectivity index (χ3v) is 6.50. The quantitative estimate of drug-likeness (QED) is 0.352. The number of hydrogen-bond acceptors (Lipinski definition) is 6. The minimum atomic E-state index is -0.467. The molecule has 10 heteroatoms. The molecule has 0 unspecified atom stereocenters. The average Bonchev–Trinajstić information content (AvgIpc) is 3.63. The van der Waals surface area contributed by atoms with E-state index in [2.05, 4.69) is 15.6 Å². The van der Waals surface area contributed by atoms with Crippen LogP contribution in [0.1, 0.15) is 26.5 Å². The summed E-state index contributed by atoms with van der Waals surface area (Å²) in [5.74, 6) is -0.294. The summed E-state index contributed by atoms with van der Waals surface area (Å²) in [6, 6.07) is 19.2. The number of amides is 2. The van der Waals surface area contributed by atoms with E-state index in [1.54, 1.807) is 66.7 Å². The summed E-state index contributed by atoms with van der Waals surface area (Å²) < 4.78 is 8.50. The van der Waals surface area contributed by atoms with E-state index < -0.39 is 11.8 Å². The molecule has 0 aliphatic carbocycles. The Hall–Kier alpha value is -4.70. The van der Waals surface area contributed by atoms with Crippen molar-refractivity contribution in [3.63, 3.8) is 0 Å². The molecule has 2 aromatic carbocycles. The van der Waals surface area contributed by atoms with Crippen LogP contribution in [0.3, 0.4) is 0 Å². The third-order valence-electron chi connectivity index (χ3n) is 5.64. The van der Waals surface area contributed by atoms with Gasteiger partial charge < -0.3 is 15.1 Å². The molecule has 9 nitrogen and oxygen atoms in total. The monoisotopic (exact) mass is 499 g/mol. The minimum absolute atomic E-state index is 0.189. The fraction of sp³-hybridized carbons (Fsp3) is 0.0769. The van der Waals surface area contributed by atoms with Gasteiger partial charge in [0.1, 0.15) is 11.4 Å². The summed E-state index contributed by atoms with van der Waals surface area (Å²) in [6.07, 6.45) is 1.54. The Labute approximate surface area is 209 Å². The van der Waals surface area contributed by atoms with Gasteiger partial charge in [0.2, 0.25) is 0 Å². The lowest BCUT2D eigenvalue weighted by Crippen LogP contribution is -2.23. The summed E-state index contributed by atoms with van der Waals surface area (Å²) >= 11 is 1.30. The van der Waals surface area contributed by atoms with E-state index in [1.165, 1.54) is 16.0 Å². The van der Waals surface area contributed by atoms with Crippen molar-refractivity contribution in [1.29, 1.82) is 0 Å². The van der Waals surface area contributed by atoms with Gasteiger partial charge in [-0.3, -0.25) is 19.1 Å². The maximum atomic E-state index is 13.1. The number of hydrogen-bond donors (Lipinski definition) is 2. The van der Waals surface area contributed by atoms with Gasteiger partial charge >= 0.3 is 0 Å². The van der Waals surface area contributed by atoms with E-state index in [4.69, 9.17) is 4.42 Å². The highest BCUT2D eigenvalue weighted by Gasteiger charge is 2.19. The number of nitrogens with one attached hydrogen (secondary N) is 2. The fourth-order valence-electron chi connectivity index (χ4n) is 3.72. The SMILES string of the molecule is Cc1c(NC(=O)c2cccc(NC(=O)c3csc(-c4ccco4)n3)c2)c(=O)n(-c2ccccc2)n1C. The number of aromatic nitrogens is 3. The molecule has 5 aromatic rings. The van der Waals surface area contributed by atoms with Crippen molar-refractivity contribution in [2.24, 2.45) is 7.05 Å². The predicted octanol–water partition coefficient (Wildman–Crippen LogP) is 4.71. The first-order valence-corrected chi connectivity index (χ1v) is 11.9.